The Morgan fingerprint density at radius 1 is 1.36 bits per heavy atom. The van der Waals surface area contributed by atoms with Crippen molar-refractivity contribution in [2.75, 3.05) is 0 Å². The van der Waals surface area contributed by atoms with Crippen LogP contribution in [0, 0.1) is 6.92 Å². The van der Waals surface area contributed by atoms with Crippen LogP contribution in [0.1, 0.15) is 17.5 Å². The number of benzene rings is 1. The molecular formula is C13H17N. The summed E-state index contributed by atoms with van der Waals surface area (Å²) in [6.45, 7) is 5.70. The van der Waals surface area contributed by atoms with Crippen molar-refractivity contribution in [1.29, 1.82) is 0 Å². The zero-order chi connectivity index (χ0) is 10.4. The average Bonchev–Trinajstić information content (AvgIpc) is 2.15. The molecule has 0 atom stereocenters. The van der Waals surface area contributed by atoms with Gasteiger partial charge in [-0.25, -0.2) is 0 Å². The number of aryl methyl sites for hydroxylation is 2. The zero-order valence-electron chi connectivity index (χ0n) is 8.66. The first-order chi connectivity index (χ1) is 6.68. The fourth-order valence-electron chi connectivity index (χ4n) is 1.24. The van der Waals surface area contributed by atoms with E-state index >= 15 is 0 Å². The fourth-order valence-corrected chi connectivity index (χ4v) is 1.24. The molecule has 0 aromatic heterocycles. The lowest BCUT2D eigenvalue weighted by Gasteiger charge is -1.98. The van der Waals surface area contributed by atoms with E-state index in [4.69, 9.17) is 5.73 Å². The Balaban J connectivity index is 2.39. The average molecular weight is 187 g/mol. The van der Waals surface area contributed by atoms with Gasteiger partial charge >= 0.3 is 0 Å². The molecule has 0 unspecified atom stereocenters. The van der Waals surface area contributed by atoms with Crippen LogP contribution in [0.5, 0.6) is 0 Å². The molecular weight excluding hydrogens is 170 g/mol. The molecule has 0 aliphatic carbocycles. The van der Waals surface area contributed by atoms with Crippen LogP contribution < -0.4 is 5.73 Å². The van der Waals surface area contributed by atoms with Gasteiger partial charge in [-0.1, -0.05) is 42.5 Å². The van der Waals surface area contributed by atoms with Crippen LogP contribution in [0.25, 0.3) is 0 Å². The molecule has 0 amide bonds. The molecule has 1 rings (SSSR count). The Bertz CT molecular complexity index is 320. The second-order valence-corrected chi connectivity index (χ2v) is 3.50. The summed E-state index contributed by atoms with van der Waals surface area (Å²) in [6, 6.07) is 8.61. The highest BCUT2D eigenvalue weighted by atomic mass is 14.5. The van der Waals surface area contributed by atoms with E-state index in [1.165, 1.54) is 11.1 Å². The predicted molar refractivity (Wildman–Crippen MR) is 62.0 cm³/mol. The first kappa shape index (κ1) is 10.6. The number of allylic oxidation sites excluding steroid dienone is 2. The molecule has 0 saturated heterocycles. The van der Waals surface area contributed by atoms with Gasteiger partial charge in [0.15, 0.2) is 0 Å². The standard InChI is InChI=1S/C13H17N/c1-11-7-9-13(10-8-11)6-4-3-5-12(2)14/h3,5,7-10H,2,4,6,14H2,1H3/b5-3+. The molecule has 0 heterocycles. The minimum Gasteiger partial charge on any atom is -0.399 e. The van der Waals surface area contributed by atoms with Crippen LogP contribution in [0.3, 0.4) is 0 Å². The molecule has 0 fully saturated rings. The number of nitrogens with two attached hydrogens (primary N) is 1. The van der Waals surface area contributed by atoms with E-state index < -0.39 is 0 Å². The molecule has 1 aromatic carbocycles. The second kappa shape index (κ2) is 5.28. The fraction of sp³-hybridized carbons (Fsp3) is 0.231. The van der Waals surface area contributed by atoms with Gasteiger partial charge in [-0.15, -0.1) is 0 Å². The van der Waals surface area contributed by atoms with E-state index in [1.54, 1.807) is 0 Å². The van der Waals surface area contributed by atoms with Crippen LogP contribution in [0.15, 0.2) is 48.7 Å². The molecule has 1 nitrogen and oxygen atoms in total. The van der Waals surface area contributed by atoms with Gasteiger partial charge in [0.1, 0.15) is 0 Å². The summed E-state index contributed by atoms with van der Waals surface area (Å²) in [5.74, 6) is 0. The maximum atomic E-state index is 5.41. The summed E-state index contributed by atoms with van der Waals surface area (Å²) in [4.78, 5) is 0. The third-order valence-electron chi connectivity index (χ3n) is 2.05. The Labute approximate surface area is 85.9 Å². The minimum absolute atomic E-state index is 0.619. The Morgan fingerprint density at radius 2 is 2.00 bits per heavy atom. The Kier molecular flexibility index (Phi) is 3.99. The SMILES string of the molecule is C=C(N)/C=C/CCc1ccc(C)cc1. The van der Waals surface area contributed by atoms with Crippen LogP contribution >= 0.6 is 0 Å². The molecule has 1 heteroatoms. The van der Waals surface area contributed by atoms with Crippen molar-refractivity contribution in [2.45, 2.75) is 19.8 Å². The molecule has 0 spiro atoms. The third kappa shape index (κ3) is 3.94. The molecule has 2 N–H and O–H groups in total. The summed E-state index contributed by atoms with van der Waals surface area (Å²) >= 11 is 0. The van der Waals surface area contributed by atoms with Crippen molar-refractivity contribution in [3.8, 4) is 0 Å². The van der Waals surface area contributed by atoms with E-state index in [2.05, 4.69) is 43.8 Å². The van der Waals surface area contributed by atoms with Crippen molar-refractivity contribution in [1.82, 2.24) is 0 Å². The molecule has 0 aliphatic heterocycles. The summed E-state index contributed by atoms with van der Waals surface area (Å²) in [7, 11) is 0. The lowest BCUT2D eigenvalue weighted by atomic mass is 10.1. The number of hydrogen-bond donors (Lipinski definition) is 1. The number of hydrogen-bond acceptors (Lipinski definition) is 1. The van der Waals surface area contributed by atoms with Crippen LogP contribution in [-0.2, 0) is 6.42 Å². The Hall–Kier alpha value is -1.50. The molecule has 0 aliphatic rings. The molecule has 14 heavy (non-hydrogen) atoms. The van der Waals surface area contributed by atoms with Gasteiger partial charge in [0, 0.05) is 5.70 Å². The third-order valence-corrected chi connectivity index (χ3v) is 2.05. The van der Waals surface area contributed by atoms with Crippen molar-refractivity contribution in [2.24, 2.45) is 5.73 Å². The van der Waals surface area contributed by atoms with Gasteiger partial charge in [-0.05, 0) is 31.4 Å². The van der Waals surface area contributed by atoms with Gasteiger partial charge in [0.2, 0.25) is 0 Å². The second-order valence-electron chi connectivity index (χ2n) is 3.50. The predicted octanol–water partition coefficient (Wildman–Crippen LogP) is 2.96. The van der Waals surface area contributed by atoms with E-state index in [9.17, 15) is 0 Å². The van der Waals surface area contributed by atoms with Crippen LogP contribution in [0.4, 0.5) is 0 Å². The highest BCUT2D eigenvalue weighted by Gasteiger charge is 1.90. The first-order valence-electron chi connectivity index (χ1n) is 4.85. The summed E-state index contributed by atoms with van der Waals surface area (Å²) in [5, 5.41) is 0. The highest BCUT2D eigenvalue weighted by molar-refractivity contribution is 5.22. The van der Waals surface area contributed by atoms with Crippen LogP contribution in [-0.4, -0.2) is 0 Å². The van der Waals surface area contributed by atoms with E-state index in [0.29, 0.717) is 5.70 Å². The maximum absolute atomic E-state index is 5.41. The first-order valence-corrected chi connectivity index (χ1v) is 4.85. The van der Waals surface area contributed by atoms with Crippen LogP contribution in [0.2, 0.25) is 0 Å². The monoisotopic (exact) mass is 187 g/mol. The lowest BCUT2D eigenvalue weighted by molar-refractivity contribution is 0.998. The van der Waals surface area contributed by atoms with Crippen molar-refractivity contribution in [3.63, 3.8) is 0 Å². The lowest BCUT2D eigenvalue weighted by Crippen LogP contribution is -1.89. The van der Waals surface area contributed by atoms with Gasteiger partial charge in [0.05, 0.1) is 0 Å². The largest absolute Gasteiger partial charge is 0.399 e. The van der Waals surface area contributed by atoms with Gasteiger partial charge in [-0.3, -0.25) is 0 Å². The minimum atomic E-state index is 0.619. The van der Waals surface area contributed by atoms with Crippen molar-refractivity contribution >= 4 is 0 Å². The summed E-state index contributed by atoms with van der Waals surface area (Å²) in [5.41, 5.74) is 8.70. The molecule has 0 bridgehead atoms. The van der Waals surface area contributed by atoms with E-state index in [0.717, 1.165) is 12.8 Å². The van der Waals surface area contributed by atoms with Gasteiger partial charge < -0.3 is 5.73 Å². The number of rotatable bonds is 4. The molecule has 0 radical (unpaired) electrons. The molecule has 0 saturated carbocycles. The zero-order valence-corrected chi connectivity index (χ0v) is 8.66. The van der Waals surface area contributed by atoms with Crippen molar-refractivity contribution in [3.05, 3.63) is 59.8 Å². The molecule has 1 aromatic rings. The van der Waals surface area contributed by atoms with E-state index in [-0.39, 0.29) is 0 Å². The highest BCUT2D eigenvalue weighted by Crippen LogP contribution is 2.06. The summed E-state index contributed by atoms with van der Waals surface area (Å²) in [6.07, 6.45) is 5.99. The van der Waals surface area contributed by atoms with Gasteiger partial charge in [0.25, 0.3) is 0 Å². The van der Waals surface area contributed by atoms with Crippen molar-refractivity contribution < 1.29 is 0 Å². The quantitative estimate of drug-likeness (QED) is 0.720. The summed E-state index contributed by atoms with van der Waals surface area (Å²) < 4.78 is 0. The van der Waals surface area contributed by atoms with E-state index in [1.807, 2.05) is 6.08 Å². The molecule has 74 valence electrons. The topological polar surface area (TPSA) is 26.0 Å². The normalized spacial score (nSPS) is 10.6. The smallest absolute Gasteiger partial charge is 0.0237 e. The van der Waals surface area contributed by atoms with Gasteiger partial charge in [-0.2, -0.15) is 0 Å². The maximum Gasteiger partial charge on any atom is 0.0237 e. The Morgan fingerprint density at radius 3 is 2.57 bits per heavy atom.